The van der Waals surface area contributed by atoms with E-state index in [0.717, 1.165) is 5.56 Å². The zero-order valence-electron chi connectivity index (χ0n) is 17.7. The maximum Gasteiger partial charge on any atom is 0.266 e. The number of aromatic nitrogens is 1. The van der Waals surface area contributed by atoms with Crippen molar-refractivity contribution in [1.82, 2.24) is 10.3 Å². The lowest BCUT2D eigenvalue weighted by Gasteiger charge is -2.52. The Bertz CT molecular complexity index is 886. The highest BCUT2D eigenvalue weighted by Crippen LogP contribution is 2.48. The van der Waals surface area contributed by atoms with E-state index in [2.05, 4.69) is 43.2 Å². The van der Waals surface area contributed by atoms with Crippen LogP contribution in [-0.2, 0) is 5.60 Å². The first kappa shape index (κ1) is 22.9. The smallest absolute Gasteiger partial charge is 0.266 e. The lowest BCUT2D eigenvalue weighted by Crippen LogP contribution is -2.63. The van der Waals surface area contributed by atoms with Gasteiger partial charge >= 0.3 is 0 Å². The first-order valence-corrected chi connectivity index (χ1v) is 10.3. The van der Waals surface area contributed by atoms with Gasteiger partial charge in [0, 0.05) is 37.7 Å². The molecule has 0 amide bonds. The molecular weight excluding hydrogens is 408 g/mol. The number of pyridine rings is 1. The third-order valence-electron chi connectivity index (χ3n) is 6.56. The number of hydrogen-bond acceptors (Lipinski definition) is 4. The van der Waals surface area contributed by atoms with Crippen LogP contribution in [0.15, 0.2) is 42.6 Å². The Balaban J connectivity index is 0.00000256. The highest BCUT2D eigenvalue weighted by molar-refractivity contribution is 5.85. The van der Waals surface area contributed by atoms with Gasteiger partial charge < -0.3 is 15.3 Å². The monoisotopic (exact) mass is 437 g/mol. The second kappa shape index (κ2) is 8.06. The van der Waals surface area contributed by atoms with Crippen molar-refractivity contribution in [2.75, 3.05) is 31.1 Å². The van der Waals surface area contributed by atoms with Crippen LogP contribution in [0.1, 0.15) is 49.8 Å². The Hall–Kier alpha value is -1.76. The fourth-order valence-electron chi connectivity index (χ4n) is 4.48. The molecule has 2 fully saturated rings. The van der Waals surface area contributed by atoms with Crippen molar-refractivity contribution >= 4 is 18.2 Å². The molecule has 2 aliphatic heterocycles. The Morgan fingerprint density at radius 3 is 2.30 bits per heavy atom. The Labute approximate surface area is 183 Å². The van der Waals surface area contributed by atoms with E-state index in [1.165, 1.54) is 5.56 Å². The molecule has 2 aliphatic rings. The molecule has 0 spiro atoms. The third-order valence-corrected chi connectivity index (χ3v) is 6.56. The third kappa shape index (κ3) is 3.81. The molecule has 4 rings (SSSR count). The molecule has 0 aliphatic carbocycles. The van der Waals surface area contributed by atoms with Crippen LogP contribution in [0.3, 0.4) is 0 Å². The second-order valence-corrected chi connectivity index (χ2v) is 9.08. The largest absolute Gasteiger partial charge is 0.380 e. The van der Waals surface area contributed by atoms with Crippen LogP contribution in [0.5, 0.6) is 0 Å². The van der Waals surface area contributed by atoms with Gasteiger partial charge in [0.05, 0.1) is 6.54 Å². The van der Waals surface area contributed by atoms with E-state index in [1.807, 2.05) is 12.1 Å². The zero-order chi connectivity index (χ0) is 20.9. The molecule has 2 N–H and O–H groups in total. The van der Waals surface area contributed by atoms with Crippen molar-refractivity contribution in [3.05, 3.63) is 59.3 Å². The molecule has 2 aromatic rings. The van der Waals surface area contributed by atoms with E-state index in [4.69, 9.17) is 0 Å². The van der Waals surface area contributed by atoms with Crippen LogP contribution in [0, 0.1) is 5.41 Å². The standard InChI is InChI=1S/C23H29F2N3O.ClH/c1-16(2)17-4-6-18(7-5-17)23(29,21(3)13-26-14-21)19-8-10-27-20(12-19)28-11-9-22(24,25)15-28;/h4-8,10,12,16,26,29H,9,11,13-15H2,1-3H3;1H/t23-;/m0./s1. The summed E-state index contributed by atoms with van der Waals surface area (Å²) >= 11 is 0. The first-order valence-electron chi connectivity index (χ1n) is 10.3. The molecule has 0 saturated carbocycles. The van der Waals surface area contributed by atoms with E-state index in [0.29, 0.717) is 30.4 Å². The van der Waals surface area contributed by atoms with Gasteiger partial charge in [-0.1, -0.05) is 45.0 Å². The van der Waals surface area contributed by atoms with Crippen molar-refractivity contribution in [2.45, 2.75) is 44.6 Å². The summed E-state index contributed by atoms with van der Waals surface area (Å²) in [7, 11) is 0. The molecule has 0 unspecified atom stereocenters. The van der Waals surface area contributed by atoms with Gasteiger partial charge in [-0.2, -0.15) is 0 Å². The van der Waals surface area contributed by atoms with E-state index in [-0.39, 0.29) is 31.9 Å². The number of anilines is 1. The van der Waals surface area contributed by atoms with Crippen LogP contribution in [0.2, 0.25) is 0 Å². The average molecular weight is 438 g/mol. The van der Waals surface area contributed by atoms with Crippen molar-refractivity contribution < 1.29 is 13.9 Å². The minimum atomic E-state index is -2.69. The summed E-state index contributed by atoms with van der Waals surface area (Å²) in [6.45, 7) is 7.62. The van der Waals surface area contributed by atoms with Crippen molar-refractivity contribution in [3.63, 3.8) is 0 Å². The van der Waals surface area contributed by atoms with Gasteiger partial charge in [0.25, 0.3) is 5.92 Å². The van der Waals surface area contributed by atoms with Crippen molar-refractivity contribution in [3.8, 4) is 0 Å². The lowest BCUT2D eigenvalue weighted by atomic mass is 9.62. The molecule has 2 saturated heterocycles. The molecule has 7 heteroatoms. The number of aliphatic hydroxyl groups is 1. The summed E-state index contributed by atoms with van der Waals surface area (Å²) < 4.78 is 27.4. The second-order valence-electron chi connectivity index (χ2n) is 9.08. The first-order chi connectivity index (χ1) is 13.6. The number of hydrogen-bond donors (Lipinski definition) is 2. The predicted molar refractivity (Wildman–Crippen MR) is 118 cm³/mol. The fraction of sp³-hybridized carbons (Fsp3) is 0.522. The van der Waals surface area contributed by atoms with Gasteiger partial charge in [0.1, 0.15) is 11.4 Å². The predicted octanol–water partition coefficient (Wildman–Crippen LogP) is 4.32. The molecule has 0 bridgehead atoms. The fourth-order valence-corrected chi connectivity index (χ4v) is 4.48. The molecule has 1 atom stereocenters. The van der Waals surface area contributed by atoms with Gasteiger partial charge in [-0.05, 0) is 34.7 Å². The average Bonchev–Trinajstić information content (AvgIpc) is 3.05. The number of rotatable bonds is 5. The Kier molecular flexibility index (Phi) is 6.16. The highest BCUT2D eigenvalue weighted by Gasteiger charge is 2.53. The minimum absolute atomic E-state index is 0. The maximum atomic E-state index is 13.7. The lowest BCUT2D eigenvalue weighted by molar-refractivity contribution is -0.0767. The normalized spacial score (nSPS) is 21.6. The summed E-state index contributed by atoms with van der Waals surface area (Å²) in [6, 6.07) is 11.7. The van der Waals surface area contributed by atoms with Gasteiger partial charge in [-0.25, -0.2) is 13.8 Å². The van der Waals surface area contributed by atoms with E-state index >= 15 is 0 Å². The molecular formula is C23H30ClF2N3O. The number of halogens is 3. The van der Waals surface area contributed by atoms with E-state index in [1.54, 1.807) is 23.2 Å². The number of alkyl halides is 2. The number of nitrogens with zero attached hydrogens (tertiary/aromatic N) is 2. The summed E-state index contributed by atoms with van der Waals surface area (Å²) in [5, 5.41) is 15.4. The van der Waals surface area contributed by atoms with Gasteiger partial charge in [-0.3, -0.25) is 0 Å². The van der Waals surface area contributed by atoms with Crippen LogP contribution >= 0.6 is 12.4 Å². The number of nitrogens with one attached hydrogen (secondary N) is 1. The topological polar surface area (TPSA) is 48.4 Å². The molecule has 4 nitrogen and oxygen atoms in total. The van der Waals surface area contributed by atoms with E-state index < -0.39 is 16.9 Å². The summed E-state index contributed by atoms with van der Waals surface area (Å²) in [5.74, 6) is -1.79. The van der Waals surface area contributed by atoms with Crippen LogP contribution in [0.25, 0.3) is 0 Å². The Morgan fingerprint density at radius 1 is 1.13 bits per heavy atom. The summed E-state index contributed by atoms with van der Waals surface area (Å²) in [4.78, 5) is 5.93. The maximum absolute atomic E-state index is 13.7. The molecule has 164 valence electrons. The molecule has 1 aromatic heterocycles. The van der Waals surface area contributed by atoms with Crippen LogP contribution < -0.4 is 10.2 Å². The van der Waals surface area contributed by atoms with Crippen LogP contribution in [0.4, 0.5) is 14.6 Å². The highest BCUT2D eigenvalue weighted by atomic mass is 35.5. The van der Waals surface area contributed by atoms with Gasteiger partial charge in [0.2, 0.25) is 0 Å². The summed E-state index contributed by atoms with van der Waals surface area (Å²) in [6.07, 6.45) is 1.45. The van der Waals surface area contributed by atoms with Crippen molar-refractivity contribution in [1.29, 1.82) is 0 Å². The SMILES string of the molecule is CC(C)c1ccc([C@](O)(c2ccnc(N3CCC(F)(F)C3)c2)C2(C)CNC2)cc1.Cl. The minimum Gasteiger partial charge on any atom is -0.380 e. The van der Waals surface area contributed by atoms with E-state index in [9.17, 15) is 13.9 Å². The number of benzene rings is 1. The van der Waals surface area contributed by atoms with Crippen molar-refractivity contribution in [2.24, 2.45) is 5.41 Å². The van der Waals surface area contributed by atoms with Crippen LogP contribution in [-0.4, -0.2) is 42.2 Å². The molecule has 0 radical (unpaired) electrons. The van der Waals surface area contributed by atoms with Gasteiger partial charge in [0.15, 0.2) is 0 Å². The summed E-state index contributed by atoms with van der Waals surface area (Å²) in [5.41, 5.74) is 1.07. The molecule has 30 heavy (non-hydrogen) atoms. The molecule has 1 aromatic carbocycles. The zero-order valence-corrected chi connectivity index (χ0v) is 18.5. The Morgan fingerprint density at radius 2 is 1.80 bits per heavy atom. The quantitative estimate of drug-likeness (QED) is 0.731. The van der Waals surface area contributed by atoms with Gasteiger partial charge in [-0.15, -0.1) is 12.4 Å². The molecule has 3 heterocycles.